The Labute approximate surface area is 112 Å². The lowest BCUT2D eigenvalue weighted by atomic mass is 10.1. The summed E-state index contributed by atoms with van der Waals surface area (Å²) in [6.45, 7) is 0. The number of nitrogens with one attached hydrogen (secondary N) is 1. The Hall–Kier alpha value is -1.27. The molecule has 0 bridgehead atoms. The van der Waals surface area contributed by atoms with Crippen molar-refractivity contribution < 1.29 is 9.59 Å². The third-order valence-corrected chi connectivity index (χ3v) is 3.22. The second-order valence-electron chi connectivity index (χ2n) is 3.40. The van der Waals surface area contributed by atoms with E-state index in [0.29, 0.717) is 15.2 Å². The van der Waals surface area contributed by atoms with Crippen molar-refractivity contribution in [2.24, 2.45) is 11.5 Å². The fourth-order valence-corrected chi connectivity index (χ4v) is 1.71. The average molecular weight is 321 g/mol. The highest BCUT2D eigenvalue weighted by Crippen LogP contribution is 2.26. The molecule has 2 amide bonds. The number of carbonyl (C=O) groups excluding carboxylic acids is 2. The van der Waals surface area contributed by atoms with Gasteiger partial charge in [-0.25, -0.2) is 0 Å². The van der Waals surface area contributed by atoms with Crippen molar-refractivity contribution in [2.75, 3.05) is 5.32 Å². The first-order chi connectivity index (χ1) is 7.90. The highest BCUT2D eigenvalue weighted by atomic mass is 79.9. The van der Waals surface area contributed by atoms with E-state index < -0.39 is 17.9 Å². The molecule has 7 heteroatoms. The van der Waals surface area contributed by atoms with Gasteiger partial charge in [0.15, 0.2) is 0 Å². The van der Waals surface area contributed by atoms with E-state index in [-0.39, 0.29) is 6.42 Å². The summed E-state index contributed by atoms with van der Waals surface area (Å²) in [6.07, 6.45) is -0.157. The van der Waals surface area contributed by atoms with Gasteiger partial charge >= 0.3 is 0 Å². The van der Waals surface area contributed by atoms with E-state index in [2.05, 4.69) is 21.2 Å². The molecule has 5 nitrogen and oxygen atoms in total. The topological polar surface area (TPSA) is 98.2 Å². The van der Waals surface area contributed by atoms with E-state index >= 15 is 0 Å². The summed E-state index contributed by atoms with van der Waals surface area (Å²) in [6, 6.07) is 4.17. The van der Waals surface area contributed by atoms with Gasteiger partial charge in [-0.05, 0) is 34.1 Å². The first kappa shape index (κ1) is 13.8. The summed E-state index contributed by atoms with van der Waals surface area (Å²) in [5.74, 6) is -1.25. The van der Waals surface area contributed by atoms with Crippen LogP contribution in [0, 0.1) is 0 Å². The van der Waals surface area contributed by atoms with Gasteiger partial charge < -0.3 is 16.8 Å². The Morgan fingerprint density at radius 2 is 2.06 bits per heavy atom. The molecule has 1 aromatic rings. The minimum atomic E-state index is -0.833. The predicted molar refractivity (Wildman–Crippen MR) is 69.6 cm³/mol. The summed E-state index contributed by atoms with van der Waals surface area (Å²) in [4.78, 5) is 21.9. The zero-order chi connectivity index (χ0) is 13.0. The molecule has 17 heavy (non-hydrogen) atoms. The van der Waals surface area contributed by atoms with Crippen LogP contribution in [-0.4, -0.2) is 17.9 Å². The summed E-state index contributed by atoms with van der Waals surface area (Å²) >= 11 is 9.07. The van der Waals surface area contributed by atoms with E-state index in [4.69, 9.17) is 23.1 Å². The molecule has 0 aliphatic heterocycles. The highest BCUT2D eigenvalue weighted by Gasteiger charge is 2.17. The van der Waals surface area contributed by atoms with E-state index in [1.807, 2.05) is 0 Å². The maximum absolute atomic E-state index is 11.1. The molecule has 5 N–H and O–H groups in total. The minimum absolute atomic E-state index is 0.157. The summed E-state index contributed by atoms with van der Waals surface area (Å²) in [7, 11) is 0. The van der Waals surface area contributed by atoms with Crippen LogP contribution >= 0.6 is 27.5 Å². The van der Waals surface area contributed by atoms with E-state index in [9.17, 15) is 9.59 Å². The van der Waals surface area contributed by atoms with Crippen LogP contribution in [0.5, 0.6) is 0 Å². The van der Waals surface area contributed by atoms with Gasteiger partial charge in [0.2, 0.25) is 11.8 Å². The number of hydrogen-bond acceptors (Lipinski definition) is 3. The van der Waals surface area contributed by atoms with E-state index in [1.54, 1.807) is 18.2 Å². The van der Waals surface area contributed by atoms with Crippen molar-refractivity contribution >= 4 is 45.0 Å². The third-order valence-electron chi connectivity index (χ3n) is 2.01. The van der Waals surface area contributed by atoms with Crippen molar-refractivity contribution in [3.63, 3.8) is 0 Å². The van der Waals surface area contributed by atoms with Gasteiger partial charge in [-0.3, -0.25) is 9.59 Å². The van der Waals surface area contributed by atoms with Crippen molar-refractivity contribution in [1.29, 1.82) is 0 Å². The fourth-order valence-electron chi connectivity index (χ4n) is 1.21. The minimum Gasteiger partial charge on any atom is -0.373 e. The number of nitrogens with two attached hydrogens (primary N) is 2. The van der Waals surface area contributed by atoms with E-state index in [1.165, 1.54) is 0 Å². The van der Waals surface area contributed by atoms with Gasteiger partial charge in [0.1, 0.15) is 6.04 Å². The van der Waals surface area contributed by atoms with Crippen LogP contribution in [0.2, 0.25) is 5.02 Å². The molecule has 0 radical (unpaired) electrons. The number of amides is 2. The number of halogens is 2. The molecule has 1 unspecified atom stereocenters. The molecule has 0 saturated heterocycles. The zero-order valence-corrected chi connectivity index (χ0v) is 11.1. The average Bonchev–Trinajstić information content (AvgIpc) is 2.21. The lowest BCUT2D eigenvalue weighted by Gasteiger charge is -2.15. The first-order valence-corrected chi connectivity index (χ1v) is 5.86. The van der Waals surface area contributed by atoms with Crippen LogP contribution < -0.4 is 16.8 Å². The number of benzene rings is 1. The molecule has 92 valence electrons. The Kier molecular flexibility index (Phi) is 4.77. The molecular formula is C10H11BrClN3O2. The summed E-state index contributed by atoms with van der Waals surface area (Å²) < 4.78 is 0.673. The van der Waals surface area contributed by atoms with Gasteiger partial charge in [-0.15, -0.1) is 0 Å². The SMILES string of the molecule is NC(=O)CC(Nc1ccc(Cl)c(Br)c1)C(N)=O. The van der Waals surface area contributed by atoms with E-state index in [0.717, 1.165) is 0 Å². The fraction of sp³-hybridized carbons (Fsp3) is 0.200. The van der Waals surface area contributed by atoms with Crippen molar-refractivity contribution in [3.05, 3.63) is 27.7 Å². The molecule has 0 saturated carbocycles. The summed E-state index contributed by atoms with van der Waals surface area (Å²) in [5.41, 5.74) is 10.8. The van der Waals surface area contributed by atoms with Crippen LogP contribution in [-0.2, 0) is 9.59 Å². The molecule has 1 rings (SSSR count). The largest absolute Gasteiger partial charge is 0.373 e. The Bertz CT molecular complexity index is 453. The molecular weight excluding hydrogens is 309 g/mol. The van der Waals surface area contributed by atoms with Crippen LogP contribution in [0.3, 0.4) is 0 Å². The van der Waals surface area contributed by atoms with Gasteiger partial charge in [-0.1, -0.05) is 11.6 Å². The molecule has 0 fully saturated rings. The van der Waals surface area contributed by atoms with Crippen molar-refractivity contribution in [2.45, 2.75) is 12.5 Å². The number of primary amides is 2. The van der Waals surface area contributed by atoms with Crippen LogP contribution in [0.25, 0.3) is 0 Å². The van der Waals surface area contributed by atoms with Gasteiger partial charge in [0.25, 0.3) is 0 Å². The second-order valence-corrected chi connectivity index (χ2v) is 4.66. The van der Waals surface area contributed by atoms with Crippen LogP contribution in [0.15, 0.2) is 22.7 Å². The third kappa shape index (κ3) is 4.24. The lowest BCUT2D eigenvalue weighted by Crippen LogP contribution is -2.38. The van der Waals surface area contributed by atoms with Crippen molar-refractivity contribution in [1.82, 2.24) is 0 Å². The molecule has 1 aromatic carbocycles. The normalized spacial score (nSPS) is 11.9. The lowest BCUT2D eigenvalue weighted by molar-refractivity contribution is -0.123. The maximum atomic E-state index is 11.1. The highest BCUT2D eigenvalue weighted by molar-refractivity contribution is 9.10. The number of carbonyl (C=O) groups is 2. The predicted octanol–water partition coefficient (Wildman–Crippen LogP) is 1.24. The quantitative estimate of drug-likeness (QED) is 0.761. The molecule has 0 aromatic heterocycles. The first-order valence-electron chi connectivity index (χ1n) is 4.69. The summed E-state index contributed by atoms with van der Waals surface area (Å²) in [5, 5.41) is 3.36. The zero-order valence-electron chi connectivity index (χ0n) is 8.74. The Morgan fingerprint density at radius 1 is 1.41 bits per heavy atom. The van der Waals surface area contributed by atoms with Crippen LogP contribution in [0.1, 0.15) is 6.42 Å². The molecule has 0 spiro atoms. The molecule has 0 heterocycles. The smallest absolute Gasteiger partial charge is 0.240 e. The number of anilines is 1. The standard InChI is InChI=1S/C10H11BrClN3O2/c11-6-3-5(1-2-7(6)12)15-8(10(14)17)4-9(13)16/h1-3,8,15H,4H2,(H2,13,16)(H2,14,17). The van der Waals surface area contributed by atoms with Gasteiger partial charge in [0, 0.05) is 10.2 Å². The Balaban J connectivity index is 2.82. The molecule has 0 aliphatic rings. The molecule has 1 atom stereocenters. The Morgan fingerprint density at radius 3 is 2.53 bits per heavy atom. The monoisotopic (exact) mass is 319 g/mol. The van der Waals surface area contributed by atoms with Crippen molar-refractivity contribution in [3.8, 4) is 0 Å². The number of rotatable bonds is 5. The van der Waals surface area contributed by atoms with Gasteiger partial charge in [-0.2, -0.15) is 0 Å². The van der Waals surface area contributed by atoms with Crippen LogP contribution in [0.4, 0.5) is 5.69 Å². The number of hydrogen-bond donors (Lipinski definition) is 3. The second kappa shape index (κ2) is 5.88. The molecule has 0 aliphatic carbocycles. The van der Waals surface area contributed by atoms with Gasteiger partial charge in [0.05, 0.1) is 11.4 Å². The maximum Gasteiger partial charge on any atom is 0.240 e.